The molecule has 108 heavy (non-hydrogen) atoms. The summed E-state index contributed by atoms with van der Waals surface area (Å²) in [7, 11) is 0. The molecule has 0 aliphatic carbocycles. The standard InChI is InChI=1S/C89H165NO18/c1-3-5-7-9-11-13-15-17-19-21-23-25-27-29-30-31-32-33-34-35-36-37-38-39-40-41-42-43-45-47-49-51-53-55-57-59-61-63-65-67-77(95)90-72(73(94)66-64-62-60-58-56-54-52-50-48-46-44-28-26-24-22-20-18-16-14-12-10-8-6-4-2)71-103-87-83(101)80(98)85(75(69-92)105-87)108-89-84(102)81(99)86(76(70-93)106-89)107-88-82(100)79(97)78(96)74(68-91)104-88/h21,23,48,50,56,58,64,66,72-76,78-89,91-94,96-102H,3-20,22,24-47,49,51-55,57,59-63,65,67-71H2,1-2H3,(H,90,95)/b23-21-,50-48+,58-56+,66-64+. The monoisotopic (exact) mass is 1540 g/mol. The molecule has 0 saturated carbocycles. The van der Waals surface area contributed by atoms with Crippen LogP contribution in [0.3, 0.4) is 0 Å². The number of hydrogen-bond donors (Lipinski definition) is 12. The Labute approximate surface area is 656 Å². The molecule has 0 spiro atoms. The molecule has 3 rings (SSSR count). The van der Waals surface area contributed by atoms with Crippen LogP contribution in [-0.2, 0) is 33.2 Å². The Balaban J connectivity index is 1.31. The molecule has 634 valence electrons. The number of ether oxygens (including phenoxy) is 6. The van der Waals surface area contributed by atoms with Gasteiger partial charge in [-0.15, -0.1) is 0 Å². The first-order valence-electron chi connectivity index (χ1n) is 44.9. The Bertz CT molecular complexity index is 2130. The first-order valence-corrected chi connectivity index (χ1v) is 44.9. The lowest BCUT2D eigenvalue weighted by molar-refractivity contribution is -0.379. The highest BCUT2D eigenvalue weighted by Crippen LogP contribution is 2.34. The van der Waals surface area contributed by atoms with Gasteiger partial charge in [0.05, 0.1) is 38.6 Å². The van der Waals surface area contributed by atoms with Crippen LogP contribution < -0.4 is 5.32 Å². The molecule has 0 aromatic heterocycles. The van der Waals surface area contributed by atoms with Crippen molar-refractivity contribution in [3.05, 3.63) is 48.6 Å². The molecule has 0 aromatic carbocycles. The van der Waals surface area contributed by atoms with Crippen LogP contribution in [0.15, 0.2) is 48.6 Å². The molecule has 3 saturated heterocycles. The molecule has 3 aliphatic heterocycles. The molecule has 0 aromatic rings. The molecule has 0 radical (unpaired) electrons. The van der Waals surface area contributed by atoms with Crippen molar-refractivity contribution in [2.24, 2.45) is 0 Å². The van der Waals surface area contributed by atoms with E-state index in [0.29, 0.717) is 12.8 Å². The lowest BCUT2D eigenvalue weighted by atomic mass is 9.96. The quantitative estimate of drug-likeness (QED) is 0.0199. The number of carbonyl (C=O) groups is 1. The van der Waals surface area contributed by atoms with Crippen molar-refractivity contribution >= 4 is 5.91 Å². The zero-order valence-electron chi connectivity index (χ0n) is 68.3. The summed E-state index contributed by atoms with van der Waals surface area (Å²) in [6, 6.07) is -0.998. The number of rotatable bonds is 73. The van der Waals surface area contributed by atoms with Crippen LogP contribution in [0.25, 0.3) is 0 Å². The van der Waals surface area contributed by atoms with Gasteiger partial charge in [0.2, 0.25) is 5.91 Å². The summed E-state index contributed by atoms with van der Waals surface area (Å²) in [5.74, 6) is -0.282. The average molecular weight is 1540 g/mol. The largest absolute Gasteiger partial charge is 0.394 e. The van der Waals surface area contributed by atoms with Crippen LogP contribution in [0.4, 0.5) is 0 Å². The molecule has 17 unspecified atom stereocenters. The number of amides is 1. The SMILES string of the molecule is CCCCCCCCCC/C=C\CCCCCCCCCCCCCCCCCCCCCCCCCCCCCC(=O)NC(COC1OC(CO)C(OC2OC(CO)C(OC3OC(CO)C(O)C(O)C3O)C(O)C2O)C(O)C1O)C(O)/C=C/CC/C=C/CC/C=C/CCCCCCCCCCCCCCCC. The molecule has 3 fully saturated rings. The van der Waals surface area contributed by atoms with E-state index in [-0.39, 0.29) is 18.9 Å². The zero-order valence-corrected chi connectivity index (χ0v) is 68.3. The third kappa shape index (κ3) is 47.6. The lowest BCUT2D eigenvalue weighted by Gasteiger charge is -2.48. The summed E-state index contributed by atoms with van der Waals surface area (Å²) in [6.45, 7) is 1.77. The van der Waals surface area contributed by atoms with Gasteiger partial charge in [-0.2, -0.15) is 0 Å². The van der Waals surface area contributed by atoms with E-state index in [0.717, 1.165) is 44.9 Å². The maximum Gasteiger partial charge on any atom is 0.220 e. The van der Waals surface area contributed by atoms with Crippen LogP contribution >= 0.6 is 0 Å². The van der Waals surface area contributed by atoms with Gasteiger partial charge in [-0.3, -0.25) is 4.79 Å². The number of hydrogen-bond acceptors (Lipinski definition) is 18. The van der Waals surface area contributed by atoms with E-state index in [1.54, 1.807) is 6.08 Å². The molecule has 19 nitrogen and oxygen atoms in total. The first-order chi connectivity index (χ1) is 52.8. The van der Waals surface area contributed by atoms with Crippen molar-refractivity contribution < 1.29 is 89.4 Å². The van der Waals surface area contributed by atoms with Crippen molar-refractivity contribution in [2.45, 2.75) is 484 Å². The fourth-order valence-corrected chi connectivity index (χ4v) is 15.2. The number of allylic oxidation sites excluding steroid dienone is 7. The molecule has 1 amide bonds. The Hall–Kier alpha value is -2.25. The van der Waals surface area contributed by atoms with E-state index >= 15 is 0 Å². The summed E-state index contributed by atoms with van der Waals surface area (Å²) in [5, 5.41) is 121. The van der Waals surface area contributed by atoms with Gasteiger partial charge in [0.25, 0.3) is 0 Å². The second-order valence-electron chi connectivity index (χ2n) is 32.0. The normalized spacial score (nSPS) is 25.6. The van der Waals surface area contributed by atoms with Crippen LogP contribution in [-0.4, -0.2) is 193 Å². The molecule has 17 atom stereocenters. The van der Waals surface area contributed by atoms with Gasteiger partial charge in [-0.1, -0.05) is 351 Å². The minimum atomic E-state index is -1.98. The van der Waals surface area contributed by atoms with Gasteiger partial charge in [0, 0.05) is 6.42 Å². The smallest absolute Gasteiger partial charge is 0.220 e. The van der Waals surface area contributed by atoms with Crippen molar-refractivity contribution in [3.8, 4) is 0 Å². The Kier molecular flexibility index (Phi) is 63.9. The summed E-state index contributed by atoms with van der Waals surface area (Å²) in [4.78, 5) is 13.5. The molecule has 0 bridgehead atoms. The van der Waals surface area contributed by atoms with Crippen molar-refractivity contribution in [1.29, 1.82) is 0 Å². The predicted octanol–water partition coefficient (Wildman–Crippen LogP) is 16.8. The first kappa shape index (κ1) is 99.9. The van der Waals surface area contributed by atoms with Gasteiger partial charge < -0.3 is 89.9 Å². The average Bonchev–Trinajstić information content (AvgIpc) is 0.775. The van der Waals surface area contributed by atoms with Gasteiger partial charge in [-0.25, -0.2) is 0 Å². The number of unbranched alkanes of at least 4 members (excludes halogenated alkanes) is 51. The maximum atomic E-state index is 13.5. The highest BCUT2D eigenvalue weighted by Gasteiger charge is 2.54. The zero-order chi connectivity index (χ0) is 78.1. The van der Waals surface area contributed by atoms with Crippen LogP contribution in [0.2, 0.25) is 0 Å². The Morgan fingerprint density at radius 1 is 0.324 bits per heavy atom. The summed E-state index contributed by atoms with van der Waals surface area (Å²) in [5.41, 5.74) is 0. The molecule has 3 aliphatic rings. The minimum Gasteiger partial charge on any atom is -0.394 e. The van der Waals surface area contributed by atoms with E-state index in [4.69, 9.17) is 28.4 Å². The third-order valence-electron chi connectivity index (χ3n) is 22.3. The second kappa shape index (κ2) is 69.1. The third-order valence-corrected chi connectivity index (χ3v) is 22.3. The molecule has 3 heterocycles. The van der Waals surface area contributed by atoms with Crippen LogP contribution in [0.1, 0.15) is 380 Å². The van der Waals surface area contributed by atoms with Crippen molar-refractivity contribution in [1.82, 2.24) is 5.32 Å². The van der Waals surface area contributed by atoms with E-state index in [2.05, 4.69) is 55.6 Å². The maximum absolute atomic E-state index is 13.5. The van der Waals surface area contributed by atoms with Gasteiger partial charge >= 0.3 is 0 Å². The number of nitrogens with one attached hydrogen (secondary N) is 1. The molecule has 12 N–H and O–H groups in total. The van der Waals surface area contributed by atoms with E-state index in [9.17, 15) is 61.0 Å². The van der Waals surface area contributed by atoms with Gasteiger partial charge in [0.15, 0.2) is 18.9 Å². The Morgan fingerprint density at radius 3 is 0.926 bits per heavy atom. The second-order valence-corrected chi connectivity index (χ2v) is 32.0. The fourth-order valence-electron chi connectivity index (χ4n) is 15.2. The highest BCUT2D eigenvalue weighted by atomic mass is 16.8. The predicted molar refractivity (Wildman–Crippen MR) is 434 cm³/mol. The molecular weight excluding hydrogens is 1370 g/mol. The van der Waals surface area contributed by atoms with Crippen LogP contribution in [0.5, 0.6) is 0 Å². The molecule has 19 heteroatoms. The van der Waals surface area contributed by atoms with Crippen molar-refractivity contribution in [3.63, 3.8) is 0 Å². The summed E-state index contributed by atoms with van der Waals surface area (Å²) >= 11 is 0. The highest BCUT2D eigenvalue weighted by molar-refractivity contribution is 5.76. The number of aliphatic hydroxyl groups excluding tert-OH is 11. The fraction of sp³-hybridized carbons (Fsp3) is 0.899. The van der Waals surface area contributed by atoms with Gasteiger partial charge in [0.1, 0.15) is 73.2 Å². The number of aliphatic hydroxyl groups is 11. The van der Waals surface area contributed by atoms with E-state index in [1.807, 2.05) is 6.08 Å². The van der Waals surface area contributed by atoms with Crippen LogP contribution in [0, 0.1) is 0 Å². The summed E-state index contributed by atoms with van der Waals surface area (Å²) in [6.07, 6.45) is 62.8. The van der Waals surface area contributed by atoms with Crippen molar-refractivity contribution in [2.75, 3.05) is 26.4 Å². The number of carbonyl (C=O) groups excluding carboxylic acids is 1. The van der Waals surface area contributed by atoms with E-state index in [1.165, 1.54) is 302 Å². The summed E-state index contributed by atoms with van der Waals surface area (Å²) < 4.78 is 34.5. The van der Waals surface area contributed by atoms with Gasteiger partial charge in [-0.05, 0) is 70.6 Å². The topological polar surface area (TPSA) is 307 Å². The minimum absolute atomic E-state index is 0.236. The van der Waals surface area contributed by atoms with E-state index < -0.39 is 124 Å². The lowest BCUT2D eigenvalue weighted by Crippen LogP contribution is -2.66. The Morgan fingerprint density at radius 2 is 0.593 bits per heavy atom. The molecular formula is C89H165NO18.